The minimum Gasteiger partial charge on any atom is -0.160 e. The van der Waals surface area contributed by atoms with Gasteiger partial charge in [-0.15, -0.1) is 0 Å². The summed E-state index contributed by atoms with van der Waals surface area (Å²) in [5.74, 6) is 1.53. The summed E-state index contributed by atoms with van der Waals surface area (Å²) in [5, 5.41) is 8.50. The van der Waals surface area contributed by atoms with E-state index in [0.29, 0.717) is 0 Å². The van der Waals surface area contributed by atoms with E-state index < -0.39 is 0 Å². The molecule has 0 N–H and O–H groups in total. The van der Waals surface area contributed by atoms with Crippen molar-refractivity contribution in [3.63, 3.8) is 0 Å². The van der Waals surface area contributed by atoms with Crippen LogP contribution >= 0.6 is 0 Å². The molecule has 0 radical (unpaired) electrons. The maximum Gasteiger partial charge on any atom is 0.0405 e. The van der Waals surface area contributed by atoms with Gasteiger partial charge in [-0.05, 0) is 51.4 Å². The summed E-state index contributed by atoms with van der Waals surface area (Å²) in [5.41, 5.74) is 2.46. The summed E-state index contributed by atoms with van der Waals surface area (Å²) in [7, 11) is 0. The van der Waals surface area contributed by atoms with Crippen LogP contribution in [-0.4, -0.2) is 11.4 Å². The molecule has 66 valence electrons. The van der Waals surface area contributed by atoms with Crippen LogP contribution in [0.5, 0.6) is 0 Å². The van der Waals surface area contributed by atoms with Gasteiger partial charge in [0.2, 0.25) is 0 Å². The average molecular weight is 164 g/mol. The minimum atomic E-state index is 0.765. The third-order valence-electron chi connectivity index (χ3n) is 2.70. The van der Waals surface area contributed by atoms with Crippen molar-refractivity contribution in [3.8, 4) is 0 Å². The van der Waals surface area contributed by atoms with E-state index in [-0.39, 0.29) is 0 Å². The van der Waals surface area contributed by atoms with Crippen LogP contribution in [0.3, 0.4) is 0 Å². The SMILES string of the molecule is C/C(=N/N=C(/C)C1CC1)C1CC1. The van der Waals surface area contributed by atoms with E-state index in [9.17, 15) is 0 Å². The predicted octanol–water partition coefficient (Wildman–Crippen LogP) is 2.64. The van der Waals surface area contributed by atoms with E-state index in [1.807, 2.05) is 0 Å². The topological polar surface area (TPSA) is 24.7 Å². The second-order valence-corrected chi connectivity index (χ2v) is 4.03. The van der Waals surface area contributed by atoms with Gasteiger partial charge in [0.05, 0.1) is 0 Å². The van der Waals surface area contributed by atoms with Gasteiger partial charge in [-0.3, -0.25) is 0 Å². The molecule has 0 aromatic rings. The average Bonchev–Trinajstić information content (AvgIpc) is 2.91. The molecule has 0 bridgehead atoms. The fourth-order valence-corrected chi connectivity index (χ4v) is 1.32. The van der Waals surface area contributed by atoms with Crippen LogP contribution in [0.1, 0.15) is 39.5 Å². The van der Waals surface area contributed by atoms with Crippen molar-refractivity contribution >= 4 is 11.4 Å². The Hall–Kier alpha value is -0.660. The summed E-state index contributed by atoms with van der Waals surface area (Å²) < 4.78 is 0. The first-order valence-corrected chi connectivity index (χ1v) is 4.86. The lowest BCUT2D eigenvalue weighted by Crippen LogP contribution is -1.95. The molecule has 0 spiro atoms. The highest BCUT2D eigenvalue weighted by Gasteiger charge is 2.26. The van der Waals surface area contributed by atoms with Crippen LogP contribution in [-0.2, 0) is 0 Å². The Morgan fingerprint density at radius 3 is 1.42 bits per heavy atom. The molecule has 2 saturated carbocycles. The lowest BCUT2D eigenvalue weighted by atomic mass is 10.3. The molecule has 2 rings (SSSR count). The van der Waals surface area contributed by atoms with Crippen LogP contribution in [0.25, 0.3) is 0 Å². The van der Waals surface area contributed by atoms with Gasteiger partial charge >= 0.3 is 0 Å². The number of nitrogens with zero attached hydrogens (tertiary/aromatic N) is 2. The minimum absolute atomic E-state index is 0.765. The standard InChI is InChI=1S/C10H16N2/c1-7(9-3-4-9)11-12-8(2)10-5-6-10/h9-10H,3-6H2,1-2H3/b11-7-,12-8-. The van der Waals surface area contributed by atoms with Gasteiger partial charge < -0.3 is 0 Å². The lowest BCUT2D eigenvalue weighted by Gasteiger charge is -1.93. The zero-order valence-corrected chi connectivity index (χ0v) is 7.88. The van der Waals surface area contributed by atoms with Crippen molar-refractivity contribution in [2.75, 3.05) is 0 Å². The Kier molecular flexibility index (Phi) is 1.99. The van der Waals surface area contributed by atoms with Gasteiger partial charge in [0.25, 0.3) is 0 Å². The van der Waals surface area contributed by atoms with Crippen LogP contribution in [0.4, 0.5) is 0 Å². The van der Waals surface area contributed by atoms with Gasteiger partial charge in [0, 0.05) is 11.4 Å². The quantitative estimate of drug-likeness (QED) is 0.452. The smallest absolute Gasteiger partial charge is 0.0405 e. The van der Waals surface area contributed by atoms with Crippen LogP contribution in [0.15, 0.2) is 10.2 Å². The lowest BCUT2D eigenvalue weighted by molar-refractivity contribution is 1.07. The maximum absolute atomic E-state index is 4.25. The molecule has 0 amide bonds. The van der Waals surface area contributed by atoms with E-state index in [4.69, 9.17) is 0 Å². The van der Waals surface area contributed by atoms with Crippen LogP contribution in [0, 0.1) is 11.8 Å². The molecule has 0 atom stereocenters. The monoisotopic (exact) mass is 164 g/mol. The zero-order valence-electron chi connectivity index (χ0n) is 7.88. The van der Waals surface area contributed by atoms with Gasteiger partial charge in [-0.25, -0.2) is 0 Å². The first-order valence-electron chi connectivity index (χ1n) is 4.86. The van der Waals surface area contributed by atoms with E-state index in [0.717, 1.165) is 11.8 Å². The van der Waals surface area contributed by atoms with Crippen molar-refractivity contribution in [2.45, 2.75) is 39.5 Å². The molecule has 0 aromatic carbocycles. The first-order chi connectivity index (χ1) is 5.77. The molecule has 0 unspecified atom stereocenters. The zero-order chi connectivity index (χ0) is 8.55. The van der Waals surface area contributed by atoms with Crippen LogP contribution < -0.4 is 0 Å². The Balaban J connectivity index is 1.91. The molecule has 0 heterocycles. The van der Waals surface area contributed by atoms with Crippen molar-refractivity contribution in [1.29, 1.82) is 0 Å². The number of rotatable bonds is 3. The molecule has 2 heteroatoms. The second kappa shape index (κ2) is 3.00. The molecule has 12 heavy (non-hydrogen) atoms. The molecule has 0 saturated heterocycles. The molecule has 0 aromatic heterocycles. The summed E-state index contributed by atoms with van der Waals surface area (Å²) in [6.07, 6.45) is 5.31. The normalized spacial score (nSPS) is 26.2. The summed E-state index contributed by atoms with van der Waals surface area (Å²) in [4.78, 5) is 0. The number of hydrogen-bond acceptors (Lipinski definition) is 2. The summed E-state index contributed by atoms with van der Waals surface area (Å²) >= 11 is 0. The highest BCUT2D eigenvalue weighted by atomic mass is 15.2. The van der Waals surface area contributed by atoms with E-state index in [1.54, 1.807) is 0 Å². The van der Waals surface area contributed by atoms with E-state index in [1.165, 1.54) is 37.1 Å². The maximum atomic E-state index is 4.25. The van der Waals surface area contributed by atoms with Crippen molar-refractivity contribution in [1.82, 2.24) is 0 Å². The third-order valence-corrected chi connectivity index (χ3v) is 2.70. The molecule has 2 fully saturated rings. The number of hydrogen-bond donors (Lipinski definition) is 0. The van der Waals surface area contributed by atoms with Gasteiger partial charge in [0.15, 0.2) is 0 Å². The highest BCUT2D eigenvalue weighted by molar-refractivity contribution is 5.89. The first kappa shape index (κ1) is 7.96. The summed E-state index contributed by atoms with van der Waals surface area (Å²) in [6, 6.07) is 0. The Labute approximate surface area is 73.8 Å². The molecular formula is C10H16N2. The second-order valence-electron chi connectivity index (χ2n) is 4.03. The van der Waals surface area contributed by atoms with Gasteiger partial charge in [-0.1, -0.05) is 0 Å². The molecule has 0 aliphatic heterocycles. The molecule has 2 nitrogen and oxygen atoms in total. The summed E-state index contributed by atoms with van der Waals surface area (Å²) in [6.45, 7) is 4.20. The fraction of sp³-hybridized carbons (Fsp3) is 0.800. The molecular weight excluding hydrogens is 148 g/mol. The van der Waals surface area contributed by atoms with Crippen molar-refractivity contribution in [3.05, 3.63) is 0 Å². The van der Waals surface area contributed by atoms with E-state index in [2.05, 4.69) is 24.1 Å². The largest absolute Gasteiger partial charge is 0.160 e. The Bertz CT molecular complexity index is 206. The molecule has 2 aliphatic rings. The third kappa shape index (κ3) is 1.93. The Morgan fingerprint density at radius 1 is 0.833 bits per heavy atom. The fourth-order valence-electron chi connectivity index (χ4n) is 1.32. The van der Waals surface area contributed by atoms with E-state index >= 15 is 0 Å². The molecule has 2 aliphatic carbocycles. The van der Waals surface area contributed by atoms with Crippen molar-refractivity contribution < 1.29 is 0 Å². The predicted molar refractivity (Wildman–Crippen MR) is 51.7 cm³/mol. The van der Waals surface area contributed by atoms with Crippen LogP contribution in [0.2, 0.25) is 0 Å². The van der Waals surface area contributed by atoms with Gasteiger partial charge in [0.1, 0.15) is 0 Å². The Morgan fingerprint density at radius 2 is 1.17 bits per heavy atom. The van der Waals surface area contributed by atoms with Crippen molar-refractivity contribution in [2.24, 2.45) is 22.0 Å². The van der Waals surface area contributed by atoms with Gasteiger partial charge in [-0.2, -0.15) is 10.2 Å². The highest BCUT2D eigenvalue weighted by Crippen LogP contribution is 2.32.